The molecule has 0 saturated heterocycles. The zero-order valence-corrected chi connectivity index (χ0v) is 16.7. The van der Waals surface area contributed by atoms with E-state index in [1.165, 1.54) is 10.5 Å². The third-order valence-electron chi connectivity index (χ3n) is 4.43. The lowest BCUT2D eigenvalue weighted by Gasteiger charge is -2.21. The standard InChI is InChI=1S/C21H25N3OS/c1-15-10-11-17(16(2)14-15)20(25)24(13-7-12-23(3)4)21-22-18-8-5-6-9-19(18)26-21/h5-6,8-11,14H,7,12-13H2,1-4H3/p+1. The van der Waals surface area contributed by atoms with Crippen LogP contribution in [0.15, 0.2) is 42.5 Å². The molecule has 0 aliphatic heterocycles. The van der Waals surface area contributed by atoms with E-state index in [2.05, 4.69) is 26.2 Å². The number of nitrogens with zero attached hydrogens (tertiary/aromatic N) is 2. The number of nitrogens with one attached hydrogen (secondary N) is 1. The minimum atomic E-state index is 0.0373. The largest absolute Gasteiger partial charge is 0.340 e. The summed E-state index contributed by atoms with van der Waals surface area (Å²) in [5.74, 6) is 0.0373. The van der Waals surface area contributed by atoms with Crippen molar-refractivity contribution >= 4 is 32.6 Å². The fraction of sp³-hybridized carbons (Fsp3) is 0.333. The molecular formula is C21H26N3OS+. The van der Waals surface area contributed by atoms with Crippen LogP contribution in [0, 0.1) is 13.8 Å². The van der Waals surface area contributed by atoms with Crippen molar-refractivity contribution in [3.63, 3.8) is 0 Å². The lowest BCUT2D eigenvalue weighted by Crippen LogP contribution is -3.05. The average Bonchev–Trinajstić information content (AvgIpc) is 3.01. The van der Waals surface area contributed by atoms with Crippen LogP contribution in [-0.4, -0.2) is 38.1 Å². The average molecular weight is 369 g/mol. The smallest absolute Gasteiger partial charge is 0.260 e. The van der Waals surface area contributed by atoms with Gasteiger partial charge in [0.2, 0.25) is 0 Å². The number of aryl methyl sites for hydroxylation is 2. The van der Waals surface area contributed by atoms with E-state index in [1.54, 1.807) is 11.3 Å². The van der Waals surface area contributed by atoms with Gasteiger partial charge in [-0.15, -0.1) is 0 Å². The number of fused-ring (bicyclic) bond motifs is 1. The minimum absolute atomic E-state index is 0.0373. The number of aromatic nitrogens is 1. The van der Waals surface area contributed by atoms with Crippen LogP contribution in [0.2, 0.25) is 0 Å². The van der Waals surface area contributed by atoms with Crippen molar-refractivity contribution in [2.45, 2.75) is 20.3 Å². The number of hydrogen-bond donors (Lipinski definition) is 1. The Morgan fingerprint density at radius 1 is 1.15 bits per heavy atom. The number of carbonyl (C=O) groups excluding carboxylic acids is 1. The number of rotatable bonds is 6. The molecule has 0 atom stereocenters. The molecule has 1 amide bonds. The lowest BCUT2D eigenvalue weighted by atomic mass is 10.0. The first-order chi connectivity index (χ1) is 12.5. The van der Waals surface area contributed by atoms with Crippen LogP contribution in [0.25, 0.3) is 10.2 Å². The Balaban J connectivity index is 1.95. The highest BCUT2D eigenvalue weighted by Crippen LogP contribution is 2.30. The summed E-state index contributed by atoms with van der Waals surface area (Å²) in [7, 11) is 4.27. The molecule has 0 fully saturated rings. The van der Waals surface area contributed by atoms with Gasteiger partial charge in [-0.25, -0.2) is 4.98 Å². The highest BCUT2D eigenvalue weighted by atomic mass is 32.1. The molecule has 1 N–H and O–H groups in total. The first kappa shape index (κ1) is 18.5. The molecule has 0 radical (unpaired) electrons. The Morgan fingerprint density at radius 2 is 1.92 bits per heavy atom. The van der Waals surface area contributed by atoms with Crippen LogP contribution in [0.1, 0.15) is 27.9 Å². The van der Waals surface area contributed by atoms with Gasteiger partial charge in [-0.05, 0) is 37.6 Å². The van der Waals surface area contributed by atoms with E-state index in [4.69, 9.17) is 4.98 Å². The van der Waals surface area contributed by atoms with Crippen molar-refractivity contribution in [2.24, 2.45) is 0 Å². The number of hydrogen-bond acceptors (Lipinski definition) is 3. The number of para-hydroxylation sites is 1. The Labute approximate surface area is 159 Å². The first-order valence-corrected chi connectivity index (χ1v) is 9.81. The number of anilines is 1. The summed E-state index contributed by atoms with van der Waals surface area (Å²) < 4.78 is 1.11. The van der Waals surface area contributed by atoms with E-state index >= 15 is 0 Å². The molecule has 0 saturated carbocycles. The molecular weight excluding hydrogens is 342 g/mol. The predicted molar refractivity (Wildman–Crippen MR) is 110 cm³/mol. The summed E-state index contributed by atoms with van der Waals surface area (Å²) in [6, 6.07) is 14.0. The van der Waals surface area contributed by atoms with E-state index in [0.717, 1.165) is 39.4 Å². The third kappa shape index (κ3) is 4.11. The summed E-state index contributed by atoms with van der Waals surface area (Å²) in [6.07, 6.45) is 0.939. The summed E-state index contributed by atoms with van der Waals surface area (Å²) >= 11 is 1.58. The second-order valence-corrected chi connectivity index (χ2v) is 8.06. The van der Waals surface area contributed by atoms with Gasteiger partial charge in [0.15, 0.2) is 5.13 Å². The monoisotopic (exact) mass is 368 g/mol. The van der Waals surface area contributed by atoms with Crippen LogP contribution in [-0.2, 0) is 0 Å². The fourth-order valence-electron chi connectivity index (χ4n) is 3.05. The van der Waals surface area contributed by atoms with Gasteiger partial charge in [-0.2, -0.15) is 0 Å². The molecule has 26 heavy (non-hydrogen) atoms. The highest BCUT2D eigenvalue weighted by Gasteiger charge is 2.22. The lowest BCUT2D eigenvalue weighted by molar-refractivity contribution is -0.858. The maximum atomic E-state index is 13.3. The van der Waals surface area contributed by atoms with Gasteiger partial charge in [-0.1, -0.05) is 41.2 Å². The number of benzene rings is 2. The van der Waals surface area contributed by atoms with Crippen LogP contribution in [0.5, 0.6) is 0 Å². The van der Waals surface area contributed by atoms with E-state index in [0.29, 0.717) is 6.54 Å². The number of thiazole rings is 1. The molecule has 0 aliphatic rings. The summed E-state index contributed by atoms with van der Waals surface area (Å²) in [5, 5.41) is 0.782. The second-order valence-electron chi connectivity index (χ2n) is 7.05. The van der Waals surface area contributed by atoms with Gasteiger partial charge < -0.3 is 4.90 Å². The molecule has 0 unspecified atom stereocenters. The first-order valence-electron chi connectivity index (χ1n) is 8.99. The van der Waals surface area contributed by atoms with E-state index < -0.39 is 0 Å². The molecule has 3 aromatic rings. The maximum absolute atomic E-state index is 13.3. The molecule has 3 rings (SSSR count). The van der Waals surface area contributed by atoms with E-state index in [1.807, 2.05) is 49.1 Å². The van der Waals surface area contributed by atoms with Gasteiger partial charge in [0, 0.05) is 18.5 Å². The maximum Gasteiger partial charge on any atom is 0.260 e. The SMILES string of the molecule is Cc1ccc(C(=O)N(CCC[NH+](C)C)c2nc3ccccc3s2)c(C)c1. The molecule has 5 heteroatoms. The zero-order chi connectivity index (χ0) is 18.7. The Kier molecular flexibility index (Phi) is 5.69. The fourth-order valence-corrected chi connectivity index (χ4v) is 4.04. The van der Waals surface area contributed by atoms with Crippen molar-refractivity contribution in [2.75, 3.05) is 32.1 Å². The van der Waals surface area contributed by atoms with Crippen molar-refractivity contribution < 1.29 is 9.69 Å². The van der Waals surface area contributed by atoms with E-state index in [9.17, 15) is 4.79 Å². The molecule has 0 spiro atoms. The number of amides is 1. The third-order valence-corrected chi connectivity index (χ3v) is 5.49. The van der Waals surface area contributed by atoms with Crippen LogP contribution >= 0.6 is 11.3 Å². The van der Waals surface area contributed by atoms with Gasteiger partial charge in [0.05, 0.1) is 30.9 Å². The van der Waals surface area contributed by atoms with E-state index in [-0.39, 0.29) is 5.91 Å². The summed E-state index contributed by atoms with van der Waals surface area (Å²) in [4.78, 5) is 21.3. The van der Waals surface area contributed by atoms with Gasteiger partial charge in [-0.3, -0.25) is 9.69 Å². The van der Waals surface area contributed by atoms with Gasteiger partial charge >= 0.3 is 0 Å². The van der Waals surface area contributed by atoms with Crippen molar-refractivity contribution in [3.05, 3.63) is 59.2 Å². The van der Waals surface area contributed by atoms with Crippen LogP contribution in [0.4, 0.5) is 5.13 Å². The molecule has 4 nitrogen and oxygen atoms in total. The normalized spacial score (nSPS) is 11.3. The van der Waals surface area contributed by atoms with Crippen LogP contribution in [0.3, 0.4) is 0 Å². The molecule has 1 heterocycles. The molecule has 0 bridgehead atoms. The van der Waals surface area contributed by atoms with Crippen molar-refractivity contribution in [1.82, 2.24) is 4.98 Å². The Bertz CT molecular complexity index is 884. The molecule has 1 aromatic heterocycles. The quantitative estimate of drug-likeness (QED) is 0.726. The molecule has 0 aliphatic carbocycles. The van der Waals surface area contributed by atoms with Gasteiger partial charge in [0.1, 0.15) is 0 Å². The summed E-state index contributed by atoms with van der Waals surface area (Å²) in [6.45, 7) is 5.74. The highest BCUT2D eigenvalue weighted by molar-refractivity contribution is 7.22. The van der Waals surface area contributed by atoms with Crippen LogP contribution < -0.4 is 9.80 Å². The predicted octanol–water partition coefficient (Wildman–Crippen LogP) is 3.09. The number of carbonyl (C=O) groups is 1. The van der Waals surface area contributed by atoms with Gasteiger partial charge in [0.25, 0.3) is 5.91 Å². The zero-order valence-electron chi connectivity index (χ0n) is 15.9. The summed E-state index contributed by atoms with van der Waals surface area (Å²) in [5.41, 5.74) is 3.89. The Morgan fingerprint density at radius 3 is 2.62 bits per heavy atom. The van der Waals surface area contributed by atoms with Crippen molar-refractivity contribution in [3.8, 4) is 0 Å². The molecule has 136 valence electrons. The second kappa shape index (κ2) is 7.98. The molecule has 2 aromatic carbocycles. The van der Waals surface area contributed by atoms with Crippen molar-refractivity contribution in [1.29, 1.82) is 0 Å². The number of quaternary nitrogens is 1. The minimum Gasteiger partial charge on any atom is -0.340 e. The topological polar surface area (TPSA) is 37.6 Å². The Hall–Kier alpha value is -2.24.